The van der Waals surface area contributed by atoms with Crippen LogP contribution in [0.3, 0.4) is 0 Å². The van der Waals surface area contributed by atoms with E-state index in [9.17, 15) is 14.0 Å². The topological polar surface area (TPSA) is 53.2 Å². The predicted molar refractivity (Wildman–Crippen MR) is 99.6 cm³/mol. The van der Waals surface area contributed by atoms with E-state index in [-0.39, 0.29) is 6.54 Å². The lowest BCUT2D eigenvalue weighted by Gasteiger charge is -2.20. The molecule has 4 nitrogen and oxygen atoms in total. The molecule has 0 aliphatic carbocycles. The summed E-state index contributed by atoms with van der Waals surface area (Å²) in [5.74, 6) is -1.30. The number of para-hydroxylation sites is 1. The molecule has 5 heteroatoms. The lowest BCUT2D eigenvalue weighted by atomic mass is 10.1. The highest BCUT2D eigenvalue weighted by atomic mass is 19.1. The fourth-order valence-corrected chi connectivity index (χ4v) is 2.84. The maximum Gasteiger partial charge on any atom is 0.256 e. The number of rotatable bonds is 4. The summed E-state index contributed by atoms with van der Waals surface area (Å²) in [4.78, 5) is 28.9. The van der Waals surface area contributed by atoms with Gasteiger partial charge in [0.15, 0.2) is 0 Å². The second-order valence-corrected chi connectivity index (χ2v) is 6.12. The van der Waals surface area contributed by atoms with Crippen LogP contribution in [0.2, 0.25) is 0 Å². The van der Waals surface area contributed by atoms with Gasteiger partial charge in [-0.1, -0.05) is 36.4 Å². The molecule has 0 aliphatic heterocycles. The van der Waals surface area contributed by atoms with Gasteiger partial charge in [0.1, 0.15) is 5.82 Å². The molecule has 0 bridgehead atoms. The zero-order chi connectivity index (χ0) is 18.7. The third kappa shape index (κ3) is 3.57. The van der Waals surface area contributed by atoms with E-state index < -0.39 is 17.6 Å². The zero-order valence-corrected chi connectivity index (χ0v) is 14.6. The van der Waals surface area contributed by atoms with Gasteiger partial charge in [-0.15, -0.1) is 0 Å². The number of imide groups is 1. The monoisotopic (exact) mass is 350 g/mol. The van der Waals surface area contributed by atoms with E-state index in [0.29, 0.717) is 11.1 Å². The van der Waals surface area contributed by atoms with Crippen LogP contribution in [0.25, 0.3) is 17.0 Å². The number of aromatic amines is 1. The van der Waals surface area contributed by atoms with Crippen LogP contribution in [-0.2, 0) is 16.1 Å². The molecule has 0 spiro atoms. The lowest BCUT2D eigenvalue weighted by molar-refractivity contribution is -0.141. The SMILES string of the molecule is CC(=O)N(Cc1ccccc1F)C(=O)/C(C)=C\c1c[nH]c2ccccc12. The summed E-state index contributed by atoms with van der Waals surface area (Å²) in [5.41, 5.74) is 2.53. The largest absolute Gasteiger partial charge is 0.361 e. The standard InChI is InChI=1S/C21H19FN2O2/c1-14(11-17-12-23-20-10-6-4-8-18(17)20)21(26)24(15(2)25)13-16-7-3-5-9-19(16)22/h3-12,23H,13H2,1-2H3/b14-11-. The quantitative estimate of drug-likeness (QED) is 0.714. The molecule has 2 aromatic carbocycles. The second kappa shape index (κ2) is 7.35. The molecule has 1 aromatic heterocycles. The maximum atomic E-state index is 13.9. The molecule has 0 radical (unpaired) electrons. The molecule has 0 fully saturated rings. The van der Waals surface area contributed by atoms with Crippen molar-refractivity contribution in [2.45, 2.75) is 20.4 Å². The van der Waals surface area contributed by atoms with Gasteiger partial charge in [0.2, 0.25) is 5.91 Å². The zero-order valence-electron chi connectivity index (χ0n) is 14.6. The number of carbonyl (C=O) groups excluding carboxylic acids is 2. The summed E-state index contributed by atoms with van der Waals surface area (Å²) < 4.78 is 13.9. The third-order valence-corrected chi connectivity index (χ3v) is 4.24. The number of hydrogen-bond acceptors (Lipinski definition) is 2. The van der Waals surface area contributed by atoms with E-state index in [4.69, 9.17) is 0 Å². The molecule has 132 valence electrons. The van der Waals surface area contributed by atoms with Crippen LogP contribution < -0.4 is 0 Å². The van der Waals surface area contributed by atoms with Crippen LogP contribution in [0, 0.1) is 5.82 Å². The van der Waals surface area contributed by atoms with Gasteiger partial charge in [-0.2, -0.15) is 0 Å². The minimum Gasteiger partial charge on any atom is -0.361 e. The highest BCUT2D eigenvalue weighted by molar-refractivity contribution is 6.06. The van der Waals surface area contributed by atoms with Crippen LogP contribution in [0.4, 0.5) is 4.39 Å². The highest BCUT2D eigenvalue weighted by Gasteiger charge is 2.21. The number of benzene rings is 2. The summed E-state index contributed by atoms with van der Waals surface area (Å²) in [6.45, 7) is 2.86. The highest BCUT2D eigenvalue weighted by Crippen LogP contribution is 2.21. The third-order valence-electron chi connectivity index (χ3n) is 4.24. The average molecular weight is 350 g/mol. The fourth-order valence-electron chi connectivity index (χ4n) is 2.84. The first-order chi connectivity index (χ1) is 12.5. The Labute approximate surface area is 150 Å². The summed E-state index contributed by atoms with van der Waals surface area (Å²) in [6, 6.07) is 13.9. The van der Waals surface area contributed by atoms with Gasteiger partial charge < -0.3 is 4.98 Å². The van der Waals surface area contributed by atoms with E-state index >= 15 is 0 Å². The Kier molecular flexibility index (Phi) is 4.98. The molecule has 0 saturated carbocycles. The van der Waals surface area contributed by atoms with E-state index in [1.807, 2.05) is 30.5 Å². The molecule has 0 saturated heterocycles. The van der Waals surface area contributed by atoms with E-state index in [2.05, 4.69) is 4.98 Å². The minimum absolute atomic E-state index is 0.0973. The Hall–Kier alpha value is -3.21. The summed E-state index contributed by atoms with van der Waals surface area (Å²) >= 11 is 0. The van der Waals surface area contributed by atoms with E-state index in [1.54, 1.807) is 31.2 Å². The first-order valence-corrected chi connectivity index (χ1v) is 8.27. The van der Waals surface area contributed by atoms with Gasteiger partial charge >= 0.3 is 0 Å². The molecule has 0 aliphatic rings. The number of aromatic nitrogens is 1. The Bertz CT molecular complexity index is 1000. The van der Waals surface area contributed by atoms with Crippen molar-refractivity contribution in [2.24, 2.45) is 0 Å². The molecular formula is C21H19FN2O2. The molecule has 0 unspecified atom stereocenters. The van der Waals surface area contributed by atoms with Gasteiger partial charge in [0.25, 0.3) is 5.91 Å². The summed E-state index contributed by atoms with van der Waals surface area (Å²) in [7, 11) is 0. The summed E-state index contributed by atoms with van der Waals surface area (Å²) in [5, 5.41) is 0.989. The predicted octanol–water partition coefficient (Wildman–Crippen LogP) is 4.29. The Morgan fingerprint density at radius 1 is 1.08 bits per heavy atom. The van der Waals surface area contributed by atoms with Gasteiger partial charge in [0, 0.05) is 40.7 Å². The van der Waals surface area contributed by atoms with Crippen LogP contribution in [0.5, 0.6) is 0 Å². The maximum absolute atomic E-state index is 13.9. The first kappa shape index (κ1) is 17.6. The number of hydrogen-bond donors (Lipinski definition) is 1. The Balaban J connectivity index is 1.89. The molecule has 0 atom stereocenters. The normalized spacial score (nSPS) is 11.6. The molecule has 3 rings (SSSR count). The molecule has 2 amide bonds. The van der Waals surface area contributed by atoms with Crippen molar-refractivity contribution >= 4 is 28.8 Å². The van der Waals surface area contributed by atoms with Crippen molar-refractivity contribution in [3.05, 3.63) is 77.2 Å². The van der Waals surface area contributed by atoms with Crippen molar-refractivity contribution in [1.29, 1.82) is 0 Å². The van der Waals surface area contributed by atoms with Crippen molar-refractivity contribution in [1.82, 2.24) is 9.88 Å². The number of nitrogens with one attached hydrogen (secondary N) is 1. The Morgan fingerprint density at radius 2 is 1.77 bits per heavy atom. The van der Waals surface area contributed by atoms with Crippen LogP contribution >= 0.6 is 0 Å². The smallest absolute Gasteiger partial charge is 0.256 e. The first-order valence-electron chi connectivity index (χ1n) is 8.27. The van der Waals surface area contributed by atoms with Crippen LogP contribution in [0.1, 0.15) is 25.0 Å². The average Bonchev–Trinajstić information content (AvgIpc) is 3.03. The minimum atomic E-state index is -0.440. The lowest BCUT2D eigenvalue weighted by Crippen LogP contribution is -2.35. The van der Waals surface area contributed by atoms with Crippen molar-refractivity contribution in [2.75, 3.05) is 0 Å². The van der Waals surface area contributed by atoms with E-state index in [1.165, 1.54) is 13.0 Å². The number of amides is 2. The fraction of sp³-hybridized carbons (Fsp3) is 0.143. The molecule has 26 heavy (non-hydrogen) atoms. The van der Waals surface area contributed by atoms with Gasteiger partial charge in [-0.3, -0.25) is 14.5 Å². The van der Waals surface area contributed by atoms with Crippen molar-refractivity contribution in [3.63, 3.8) is 0 Å². The molecule has 1 heterocycles. The van der Waals surface area contributed by atoms with Crippen LogP contribution in [0.15, 0.2) is 60.3 Å². The Morgan fingerprint density at radius 3 is 2.50 bits per heavy atom. The number of nitrogens with zero attached hydrogens (tertiary/aromatic N) is 1. The molecular weight excluding hydrogens is 331 g/mol. The second-order valence-electron chi connectivity index (χ2n) is 6.12. The van der Waals surface area contributed by atoms with Gasteiger partial charge in [-0.05, 0) is 25.1 Å². The van der Waals surface area contributed by atoms with Gasteiger partial charge in [0.05, 0.1) is 6.54 Å². The van der Waals surface area contributed by atoms with Crippen molar-refractivity contribution < 1.29 is 14.0 Å². The number of halogens is 1. The number of fused-ring (bicyclic) bond motifs is 1. The molecule has 1 N–H and O–H groups in total. The van der Waals surface area contributed by atoms with Crippen molar-refractivity contribution in [3.8, 4) is 0 Å². The van der Waals surface area contributed by atoms with Gasteiger partial charge in [-0.25, -0.2) is 4.39 Å². The number of carbonyl (C=O) groups is 2. The van der Waals surface area contributed by atoms with E-state index in [0.717, 1.165) is 21.4 Å². The van der Waals surface area contributed by atoms with Crippen LogP contribution in [-0.4, -0.2) is 21.7 Å². The summed E-state index contributed by atoms with van der Waals surface area (Å²) in [6.07, 6.45) is 3.55. The number of H-pyrrole nitrogens is 1. The molecule has 3 aromatic rings.